The lowest BCUT2D eigenvalue weighted by Gasteiger charge is -2.24. The minimum Gasteiger partial charge on any atom is -0.339 e. The Balaban J connectivity index is 2.91. The maximum absolute atomic E-state index is 12.3. The van der Waals surface area contributed by atoms with Crippen molar-refractivity contribution in [2.24, 2.45) is 11.1 Å². The van der Waals surface area contributed by atoms with Gasteiger partial charge >= 0.3 is 0 Å². The van der Waals surface area contributed by atoms with Crippen LogP contribution < -0.4 is 5.14 Å². The fourth-order valence-corrected chi connectivity index (χ4v) is 2.35. The van der Waals surface area contributed by atoms with Crippen molar-refractivity contribution in [3.8, 4) is 0 Å². The van der Waals surface area contributed by atoms with E-state index >= 15 is 0 Å². The highest BCUT2D eigenvalue weighted by atomic mass is 32.2. The lowest BCUT2D eigenvalue weighted by Crippen LogP contribution is -2.34. The van der Waals surface area contributed by atoms with Crippen molar-refractivity contribution >= 4 is 15.9 Å². The average Bonchev–Trinajstić information content (AvgIpc) is 2.42. The second kappa shape index (κ2) is 6.85. The number of hydrogen-bond donors (Lipinski definition) is 1. The van der Waals surface area contributed by atoms with E-state index < -0.39 is 10.0 Å². The Kier molecular flexibility index (Phi) is 5.71. The summed E-state index contributed by atoms with van der Waals surface area (Å²) in [6.07, 6.45) is 1.01. The van der Waals surface area contributed by atoms with Gasteiger partial charge in [0.2, 0.25) is 10.0 Å². The Morgan fingerprint density at radius 2 is 1.80 bits per heavy atom. The molecule has 0 heterocycles. The molecular formula is C14H22N2O3S. The fourth-order valence-electron chi connectivity index (χ4n) is 1.83. The largest absolute Gasteiger partial charge is 0.339 e. The molecule has 0 aliphatic heterocycles. The number of nitrogens with zero attached hydrogens (tertiary/aromatic N) is 1. The van der Waals surface area contributed by atoms with Crippen LogP contribution in [0.1, 0.15) is 37.6 Å². The van der Waals surface area contributed by atoms with Gasteiger partial charge in [-0.1, -0.05) is 20.3 Å². The van der Waals surface area contributed by atoms with Crippen molar-refractivity contribution in [1.82, 2.24) is 4.90 Å². The third kappa shape index (κ3) is 4.31. The van der Waals surface area contributed by atoms with E-state index in [4.69, 9.17) is 5.14 Å². The SMILES string of the molecule is CCC(C)CN(CC)C(=O)c1ccc(S(N)(=O)=O)cc1. The number of hydrogen-bond acceptors (Lipinski definition) is 3. The Morgan fingerprint density at radius 1 is 1.25 bits per heavy atom. The minimum atomic E-state index is -3.72. The first kappa shape index (κ1) is 16.7. The van der Waals surface area contributed by atoms with Crippen LogP contribution in [-0.2, 0) is 10.0 Å². The molecule has 112 valence electrons. The zero-order chi connectivity index (χ0) is 15.3. The molecule has 0 radical (unpaired) electrons. The Morgan fingerprint density at radius 3 is 2.20 bits per heavy atom. The normalized spacial score (nSPS) is 13.0. The molecule has 5 nitrogen and oxygen atoms in total. The van der Waals surface area contributed by atoms with E-state index in [0.29, 0.717) is 24.6 Å². The molecule has 0 aromatic heterocycles. The van der Waals surface area contributed by atoms with Gasteiger partial charge in [-0.3, -0.25) is 4.79 Å². The summed E-state index contributed by atoms with van der Waals surface area (Å²) in [4.78, 5) is 14.1. The summed E-state index contributed by atoms with van der Waals surface area (Å²) < 4.78 is 22.3. The summed E-state index contributed by atoms with van der Waals surface area (Å²) in [5, 5.41) is 5.03. The van der Waals surface area contributed by atoms with Gasteiger partial charge in [-0.05, 0) is 37.1 Å². The highest BCUT2D eigenvalue weighted by Gasteiger charge is 2.17. The fraction of sp³-hybridized carbons (Fsp3) is 0.500. The Hall–Kier alpha value is -1.40. The minimum absolute atomic E-state index is 0.0130. The van der Waals surface area contributed by atoms with Crippen molar-refractivity contribution in [2.75, 3.05) is 13.1 Å². The number of nitrogens with two attached hydrogens (primary N) is 1. The predicted molar refractivity (Wildman–Crippen MR) is 78.8 cm³/mol. The van der Waals surface area contributed by atoms with Crippen LogP contribution >= 0.6 is 0 Å². The van der Waals surface area contributed by atoms with Crippen LogP contribution in [0, 0.1) is 5.92 Å². The molecule has 1 aromatic rings. The predicted octanol–water partition coefficient (Wildman–Crippen LogP) is 1.84. The van der Waals surface area contributed by atoms with Gasteiger partial charge in [0.1, 0.15) is 0 Å². The molecule has 6 heteroatoms. The number of primary sulfonamides is 1. The van der Waals surface area contributed by atoms with Crippen molar-refractivity contribution in [3.63, 3.8) is 0 Å². The summed E-state index contributed by atoms with van der Waals surface area (Å²) in [5.74, 6) is 0.344. The highest BCUT2D eigenvalue weighted by Crippen LogP contribution is 2.13. The molecule has 0 spiro atoms. The molecule has 0 saturated heterocycles. The number of rotatable bonds is 6. The third-order valence-corrected chi connectivity index (χ3v) is 4.26. The average molecular weight is 298 g/mol. The summed E-state index contributed by atoms with van der Waals surface area (Å²) >= 11 is 0. The molecular weight excluding hydrogens is 276 g/mol. The van der Waals surface area contributed by atoms with E-state index in [1.807, 2.05) is 6.92 Å². The quantitative estimate of drug-likeness (QED) is 0.870. The third-order valence-electron chi connectivity index (χ3n) is 3.33. The molecule has 20 heavy (non-hydrogen) atoms. The lowest BCUT2D eigenvalue weighted by molar-refractivity contribution is 0.0740. The van der Waals surface area contributed by atoms with E-state index in [2.05, 4.69) is 13.8 Å². The number of benzene rings is 1. The van der Waals surface area contributed by atoms with E-state index in [0.717, 1.165) is 6.42 Å². The monoisotopic (exact) mass is 298 g/mol. The second-order valence-corrected chi connectivity index (χ2v) is 6.49. The van der Waals surface area contributed by atoms with Gasteiger partial charge in [0, 0.05) is 18.7 Å². The van der Waals surface area contributed by atoms with Gasteiger partial charge in [0.05, 0.1) is 4.90 Å². The van der Waals surface area contributed by atoms with Crippen molar-refractivity contribution < 1.29 is 13.2 Å². The van der Waals surface area contributed by atoms with Gasteiger partial charge < -0.3 is 4.90 Å². The number of carbonyl (C=O) groups is 1. The number of sulfonamides is 1. The van der Waals surface area contributed by atoms with Crippen LogP contribution in [0.5, 0.6) is 0 Å². The summed E-state index contributed by atoms with van der Waals surface area (Å²) in [5.41, 5.74) is 0.475. The molecule has 1 rings (SSSR count). The van der Waals surface area contributed by atoms with E-state index in [1.165, 1.54) is 24.3 Å². The molecule has 1 atom stereocenters. The maximum atomic E-state index is 12.3. The summed E-state index contributed by atoms with van der Waals surface area (Å²) in [7, 11) is -3.72. The molecule has 0 aliphatic rings. The van der Waals surface area contributed by atoms with Crippen LogP contribution in [0.15, 0.2) is 29.2 Å². The molecule has 0 fully saturated rings. The van der Waals surface area contributed by atoms with Crippen molar-refractivity contribution in [3.05, 3.63) is 29.8 Å². The second-order valence-electron chi connectivity index (χ2n) is 4.93. The van der Waals surface area contributed by atoms with Crippen LogP contribution in [0.4, 0.5) is 0 Å². The summed E-state index contributed by atoms with van der Waals surface area (Å²) in [6.45, 7) is 7.44. The zero-order valence-corrected chi connectivity index (χ0v) is 13.0. The van der Waals surface area contributed by atoms with E-state index in [1.54, 1.807) is 4.90 Å². The van der Waals surface area contributed by atoms with Crippen LogP contribution in [0.25, 0.3) is 0 Å². The molecule has 0 bridgehead atoms. The van der Waals surface area contributed by atoms with Crippen molar-refractivity contribution in [2.45, 2.75) is 32.1 Å². The van der Waals surface area contributed by atoms with E-state index in [-0.39, 0.29) is 10.8 Å². The first-order valence-corrected chi connectivity index (χ1v) is 8.26. The van der Waals surface area contributed by atoms with E-state index in [9.17, 15) is 13.2 Å². The Bertz CT molecular complexity index is 552. The zero-order valence-electron chi connectivity index (χ0n) is 12.2. The Labute approximate surface area is 120 Å². The molecule has 0 aliphatic carbocycles. The lowest BCUT2D eigenvalue weighted by atomic mass is 10.1. The molecule has 0 saturated carbocycles. The first-order chi connectivity index (χ1) is 9.29. The standard InChI is InChI=1S/C14H22N2O3S/c1-4-11(3)10-16(5-2)14(17)12-6-8-13(9-7-12)20(15,18)19/h6-9,11H,4-5,10H2,1-3H3,(H2,15,18,19). The smallest absolute Gasteiger partial charge is 0.253 e. The van der Waals surface area contributed by atoms with Gasteiger partial charge in [0.25, 0.3) is 5.91 Å². The molecule has 1 unspecified atom stereocenters. The molecule has 1 amide bonds. The molecule has 2 N–H and O–H groups in total. The van der Waals surface area contributed by atoms with Crippen LogP contribution in [-0.4, -0.2) is 32.3 Å². The number of carbonyl (C=O) groups excluding carboxylic acids is 1. The summed E-state index contributed by atoms with van der Waals surface area (Å²) in [6, 6.07) is 5.72. The number of amides is 1. The maximum Gasteiger partial charge on any atom is 0.253 e. The van der Waals surface area contributed by atoms with Crippen LogP contribution in [0.3, 0.4) is 0 Å². The van der Waals surface area contributed by atoms with Crippen LogP contribution in [0.2, 0.25) is 0 Å². The van der Waals surface area contributed by atoms with Gasteiger partial charge in [-0.15, -0.1) is 0 Å². The van der Waals surface area contributed by atoms with Gasteiger partial charge in [-0.2, -0.15) is 0 Å². The van der Waals surface area contributed by atoms with Crippen molar-refractivity contribution in [1.29, 1.82) is 0 Å². The van der Waals surface area contributed by atoms with Gasteiger partial charge in [0.15, 0.2) is 0 Å². The molecule has 1 aromatic carbocycles. The first-order valence-electron chi connectivity index (χ1n) is 6.71. The highest BCUT2D eigenvalue weighted by molar-refractivity contribution is 7.89. The topological polar surface area (TPSA) is 80.5 Å². The van der Waals surface area contributed by atoms with Gasteiger partial charge in [-0.25, -0.2) is 13.6 Å².